The normalized spacial score (nSPS) is 17.4. The topological polar surface area (TPSA) is 130 Å². The average Bonchev–Trinajstić information content (AvgIpc) is 3.39. The lowest BCUT2D eigenvalue weighted by Crippen LogP contribution is -2.34. The lowest BCUT2D eigenvalue weighted by molar-refractivity contribution is -0.121. The zero-order valence-corrected chi connectivity index (χ0v) is 23.8. The van der Waals surface area contributed by atoms with Gasteiger partial charge in [0.1, 0.15) is 29.3 Å². The molecule has 0 saturated carbocycles. The van der Waals surface area contributed by atoms with Crippen LogP contribution in [0.3, 0.4) is 0 Å². The first-order valence-electron chi connectivity index (χ1n) is 14.2. The number of aromatic nitrogens is 2. The van der Waals surface area contributed by atoms with E-state index in [9.17, 15) is 4.79 Å². The maximum Gasteiger partial charge on any atom is 0.209 e. The Morgan fingerprint density at radius 2 is 1.88 bits per heavy atom. The highest BCUT2D eigenvalue weighted by Crippen LogP contribution is 2.40. The van der Waals surface area contributed by atoms with Crippen molar-refractivity contribution in [1.29, 1.82) is 5.41 Å². The molecule has 40 heavy (non-hydrogen) atoms. The number of hydrogen-bond acceptors (Lipinski definition) is 10. The van der Waals surface area contributed by atoms with E-state index in [2.05, 4.69) is 20.2 Å². The van der Waals surface area contributed by atoms with Gasteiger partial charge in [-0.3, -0.25) is 9.69 Å². The lowest BCUT2D eigenvalue weighted by Gasteiger charge is -2.26. The fourth-order valence-electron chi connectivity index (χ4n) is 5.42. The van der Waals surface area contributed by atoms with Crippen molar-refractivity contribution in [3.05, 3.63) is 34.5 Å². The van der Waals surface area contributed by atoms with E-state index in [-0.39, 0.29) is 0 Å². The monoisotopic (exact) mass is 565 g/mol. The van der Waals surface area contributed by atoms with E-state index < -0.39 is 0 Å². The van der Waals surface area contributed by atoms with Crippen LogP contribution in [-0.4, -0.2) is 84.9 Å². The van der Waals surface area contributed by atoms with Gasteiger partial charge in [-0.15, -0.1) is 11.3 Å². The Kier molecular flexibility index (Phi) is 9.80. The Balaban J connectivity index is 0.000000348. The van der Waals surface area contributed by atoms with Gasteiger partial charge in [0.15, 0.2) is 0 Å². The highest BCUT2D eigenvalue weighted by atomic mass is 32.1. The molecule has 3 aliphatic rings. The number of benzene rings is 1. The molecular formula is C29H39N7O3S. The number of ether oxygens (including phenoxy) is 2. The van der Waals surface area contributed by atoms with Crippen molar-refractivity contribution in [1.82, 2.24) is 19.8 Å². The molecule has 6 rings (SSSR count). The number of rotatable bonds is 8. The standard InChI is InChI=1S/C24H30N6OS.C5H9NO2/c25-14-16-12-19(20(13-18(16)26)31-11-10-30-8-4-1-5-9-30)29-23-22-17-6-2-3-7-21(17)32-24(22)28-15-27-23;7-5-6-1-3-8-4-2-6/h12-15,25H,1-11,26H2,(H,27,28,29);5H,1-4H2. The quantitative estimate of drug-likeness (QED) is 0.210. The van der Waals surface area contributed by atoms with Gasteiger partial charge >= 0.3 is 0 Å². The molecule has 4 N–H and O–H groups in total. The number of fused-ring (bicyclic) bond motifs is 3. The largest absolute Gasteiger partial charge is 0.490 e. The van der Waals surface area contributed by atoms with Crippen LogP contribution >= 0.6 is 11.3 Å². The summed E-state index contributed by atoms with van der Waals surface area (Å²) < 4.78 is 11.2. The van der Waals surface area contributed by atoms with Crippen LogP contribution in [0.5, 0.6) is 5.75 Å². The van der Waals surface area contributed by atoms with E-state index in [1.165, 1.54) is 48.8 Å². The number of carbonyl (C=O) groups excluding carboxylic acids is 1. The summed E-state index contributed by atoms with van der Waals surface area (Å²) in [4.78, 5) is 25.8. The number of nitrogens with zero attached hydrogens (tertiary/aromatic N) is 4. The first kappa shape index (κ1) is 28.3. The number of piperidine rings is 1. The van der Waals surface area contributed by atoms with E-state index in [4.69, 9.17) is 20.6 Å². The summed E-state index contributed by atoms with van der Waals surface area (Å²) in [6.07, 6.45) is 12.3. The number of nitrogens with one attached hydrogen (secondary N) is 2. The summed E-state index contributed by atoms with van der Waals surface area (Å²) in [5.41, 5.74) is 9.55. The van der Waals surface area contributed by atoms with Crippen molar-refractivity contribution in [2.45, 2.75) is 44.9 Å². The number of thiophene rings is 1. The number of likely N-dealkylation sites (tertiary alicyclic amines) is 1. The van der Waals surface area contributed by atoms with Gasteiger partial charge < -0.3 is 30.8 Å². The molecule has 0 unspecified atom stereocenters. The molecule has 11 heteroatoms. The zero-order valence-electron chi connectivity index (χ0n) is 23.0. The second-order valence-electron chi connectivity index (χ2n) is 10.4. The highest BCUT2D eigenvalue weighted by molar-refractivity contribution is 7.19. The molecule has 1 aromatic carbocycles. The highest BCUT2D eigenvalue weighted by Gasteiger charge is 2.21. The van der Waals surface area contributed by atoms with Crippen LogP contribution in [0, 0.1) is 5.41 Å². The molecule has 1 amide bonds. The Hall–Kier alpha value is -3.28. The SMILES string of the molecule is N=Cc1cc(Nc2ncnc3sc4c(c23)CCCC4)c(OCCN2CCCCC2)cc1N.O=CN1CCOCC1. The van der Waals surface area contributed by atoms with Crippen LogP contribution < -0.4 is 15.8 Å². The average molecular weight is 566 g/mol. The minimum atomic E-state index is 0.541. The van der Waals surface area contributed by atoms with Gasteiger partial charge in [0.2, 0.25) is 6.41 Å². The minimum absolute atomic E-state index is 0.541. The first-order valence-corrected chi connectivity index (χ1v) is 15.1. The van der Waals surface area contributed by atoms with E-state index in [0.29, 0.717) is 36.8 Å². The van der Waals surface area contributed by atoms with Crippen molar-refractivity contribution in [2.24, 2.45) is 0 Å². The summed E-state index contributed by atoms with van der Waals surface area (Å²) in [6, 6.07) is 3.70. The Labute approximate surface area is 239 Å². The van der Waals surface area contributed by atoms with E-state index >= 15 is 0 Å². The van der Waals surface area contributed by atoms with Crippen LogP contribution in [-0.2, 0) is 22.4 Å². The molecule has 0 radical (unpaired) electrons. The molecule has 2 saturated heterocycles. The van der Waals surface area contributed by atoms with Crippen LogP contribution in [0.25, 0.3) is 10.2 Å². The van der Waals surface area contributed by atoms with E-state index in [0.717, 1.165) is 73.7 Å². The van der Waals surface area contributed by atoms with Gasteiger partial charge in [-0.05, 0) is 63.2 Å². The van der Waals surface area contributed by atoms with Crippen molar-refractivity contribution < 1.29 is 14.3 Å². The van der Waals surface area contributed by atoms with E-state index in [1.54, 1.807) is 22.6 Å². The van der Waals surface area contributed by atoms with Crippen molar-refractivity contribution in [3.63, 3.8) is 0 Å². The Morgan fingerprint density at radius 1 is 1.07 bits per heavy atom. The molecule has 2 fully saturated rings. The maximum absolute atomic E-state index is 10.0. The summed E-state index contributed by atoms with van der Waals surface area (Å²) >= 11 is 1.78. The third-order valence-electron chi connectivity index (χ3n) is 7.65. The number of amides is 1. The molecule has 10 nitrogen and oxygen atoms in total. The van der Waals surface area contributed by atoms with Crippen molar-refractivity contribution >= 4 is 51.4 Å². The van der Waals surface area contributed by atoms with Crippen LogP contribution in [0.2, 0.25) is 0 Å². The summed E-state index contributed by atoms with van der Waals surface area (Å²) in [6.45, 7) is 6.69. The second kappa shape index (κ2) is 13.9. The number of carbonyl (C=O) groups is 1. The fraction of sp³-hybridized carbons (Fsp3) is 0.517. The maximum atomic E-state index is 10.0. The van der Waals surface area contributed by atoms with Crippen molar-refractivity contribution in [2.75, 3.05) is 63.6 Å². The summed E-state index contributed by atoms with van der Waals surface area (Å²) in [5, 5.41) is 12.4. The summed E-state index contributed by atoms with van der Waals surface area (Å²) in [5.74, 6) is 1.50. The molecule has 4 heterocycles. The molecule has 0 bridgehead atoms. The number of nitrogens with two attached hydrogens (primary N) is 1. The summed E-state index contributed by atoms with van der Waals surface area (Å²) in [7, 11) is 0. The van der Waals surface area contributed by atoms with Gasteiger partial charge in [-0.1, -0.05) is 6.42 Å². The minimum Gasteiger partial charge on any atom is -0.490 e. The Bertz CT molecular complexity index is 1300. The number of morpholine rings is 1. The second-order valence-corrected chi connectivity index (χ2v) is 11.4. The van der Waals surface area contributed by atoms with E-state index in [1.807, 2.05) is 12.1 Å². The molecule has 214 valence electrons. The van der Waals surface area contributed by atoms with Gasteiger partial charge in [0.25, 0.3) is 0 Å². The predicted octanol–water partition coefficient (Wildman–Crippen LogP) is 4.23. The van der Waals surface area contributed by atoms with Crippen LogP contribution in [0.4, 0.5) is 17.2 Å². The molecular weight excluding hydrogens is 526 g/mol. The number of anilines is 3. The fourth-order valence-corrected chi connectivity index (χ4v) is 6.65. The number of aryl methyl sites for hydroxylation is 2. The molecule has 1 aliphatic carbocycles. The molecule has 0 spiro atoms. The first-order chi connectivity index (χ1) is 19.7. The van der Waals surface area contributed by atoms with Gasteiger partial charge in [0, 0.05) is 48.0 Å². The molecule has 2 aromatic heterocycles. The third-order valence-corrected chi connectivity index (χ3v) is 8.85. The molecule has 0 atom stereocenters. The van der Waals surface area contributed by atoms with Gasteiger partial charge in [0.05, 0.1) is 24.3 Å². The zero-order chi connectivity index (χ0) is 27.7. The molecule has 2 aliphatic heterocycles. The number of nitrogen functional groups attached to an aromatic ring is 1. The van der Waals surface area contributed by atoms with Gasteiger partial charge in [-0.2, -0.15) is 0 Å². The third kappa shape index (κ3) is 6.89. The smallest absolute Gasteiger partial charge is 0.209 e. The lowest BCUT2D eigenvalue weighted by atomic mass is 9.97. The van der Waals surface area contributed by atoms with Gasteiger partial charge in [-0.25, -0.2) is 9.97 Å². The Morgan fingerprint density at radius 3 is 2.62 bits per heavy atom. The van der Waals surface area contributed by atoms with Crippen LogP contribution in [0.15, 0.2) is 18.5 Å². The molecule has 3 aromatic rings. The number of hydrogen-bond donors (Lipinski definition) is 3. The van der Waals surface area contributed by atoms with Crippen LogP contribution in [0.1, 0.15) is 48.1 Å². The van der Waals surface area contributed by atoms with Crippen molar-refractivity contribution in [3.8, 4) is 5.75 Å². The predicted molar refractivity (Wildman–Crippen MR) is 160 cm³/mol.